The highest BCUT2D eigenvalue weighted by Gasteiger charge is 2.51. The van der Waals surface area contributed by atoms with Gasteiger partial charge >= 0.3 is 13.2 Å². The minimum absolute atomic E-state index is 0.0216. The zero-order valence-corrected chi connectivity index (χ0v) is 22.3. The minimum atomic E-state index is -0.881. The Labute approximate surface area is 214 Å². The van der Waals surface area contributed by atoms with Crippen LogP contribution in [0.2, 0.25) is 0 Å². The van der Waals surface area contributed by atoms with Crippen molar-refractivity contribution in [2.45, 2.75) is 90.0 Å². The summed E-state index contributed by atoms with van der Waals surface area (Å²) in [5.74, 6) is 0.610. The van der Waals surface area contributed by atoms with Crippen LogP contribution in [0.15, 0.2) is 18.3 Å². The second-order valence-corrected chi connectivity index (χ2v) is 10.9. The van der Waals surface area contributed by atoms with E-state index in [1.165, 1.54) is 4.90 Å². The van der Waals surface area contributed by atoms with Gasteiger partial charge in [0.2, 0.25) is 5.95 Å². The van der Waals surface area contributed by atoms with E-state index in [0.717, 1.165) is 54.0 Å². The normalized spacial score (nSPS) is 23.1. The van der Waals surface area contributed by atoms with E-state index in [1.54, 1.807) is 7.11 Å². The molecule has 2 aliphatic rings. The zero-order chi connectivity index (χ0) is 26.1. The van der Waals surface area contributed by atoms with Crippen molar-refractivity contribution in [3.8, 4) is 0 Å². The summed E-state index contributed by atoms with van der Waals surface area (Å²) in [6, 6.07) is 4.43. The summed E-state index contributed by atoms with van der Waals surface area (Å²) in [4.78, 5) is 22.6. The van der Waals surface area contributed by atoms with Gasteiger partial charge in [0.15, 0.2) is 0 Å². The van der Waals surface area contributed by atoms with E-state index in [-0.39, 0.29) is 12.1 Å². The first-order chi connectivity index (χ1) is 17.0. The van der Waals surface area contributed by atoms with Gasteiger partial charge in [-0.15, -0.1) is 0 Å². The summed E-state index contributed by atoms with van der Waals surface area (Å²) >= 11 is 0. The number of anilines is 1. The van der Waals surface area contributed by atoms with Crippen LogP contribution in [0.5, 0.6) is 0 Å². The molecule has 0 radical (unpaired) electrons. The van der Waals surface area contributed by atoms with Crippen LogP contribution in [0, 0.1) is 0 Å². The van der Waals surface area contributed by atoms with Crippen LogP contribution in [-0.2, 0) is 20.5 Å². The maximum Gasteiger partial charge on any atom is 0.494 e. The van der Waals surface area contributed by atoms with Crippen molar-refractivity contribution in [2.24, 2.45) is 0 Å². The Bertz CT molecular complexity index is 1070. The molecule has 4 rings (SSSR count). The van der Waals surface area contributed by atoms with Crippen molar-refractivity contribution < 1.29 is 23.9 Å². The summed E-state index contributed by atoms with van der Waals surface area (Å²) < 4.78 is 17.6. The number of nitrogens with one attached hydrogen (secondary N) is 1. The predicted molar refractivity (Wildman–Crippen MR) is 141 cm³/mol. The molecule has 2 heterocycles. The van der Waals surface area contributed by atoms with Gasteiger partial charge in [-0.25, -0.2) is 14.8 Å². The highest BCUT2D eigenvalue weighted by molar-refractivity contribution is 6.62. The van der Waals surface area contributed by atoms with Gasteiger partial charge in [-0.1, -0.05) is 19.1 Å². The smallest absolute Gasteiger partial charge is 0.465 e. The summed E-state index contributed by atoms with van der Waals surface area (Å²) in [6.45, 7) is 11.2. The van der Waals surface area contributed by atoms with Crippen LogP contribution in [0.25, 0.3) is 10.9 Å². The number of benzene rings is 1. The minimum Gasteiger partial charge on any atom is -0.465 e. The summed E-state index contributed by atoms with van der Waals surface area (Å²) in [5.41, 5.74) is 2.25. The second-order valence-electron chi connectivity index (χ2n) is 10.9. The summed E-state index contributed by atoms with van der Waals surface area (Å²) in [6.07, 6.45) is 5.15. The number of nitrogens with zero attached hydrogens (tertiary/aromatic N) is 3. The van der Waals surface area contributed by atoms with Crippen molar-refractivity contribution in [1.82, 2.24) is 14.9 Å². The lowest BCUT2D eigenvalue weighted by molar-refractivity contribution is 0.00578. The number of carbonyl (C=O) groups is 1. The molecule has 1 aliphatic carbocycles. The van der Waals surface area contributed by atoms with E-state index < -0.39 is 24.4 Å². The molecule has 1 amide bonds. The molecule has 1 saturated heterocycles. The van der Waals surface area contributed by atoms with Crippen LogP contribution in [0.3, 0.4) is 0 Å². The van der Waals surface area contributed by atoms with Crippen LogP contribution in [0.1, 0.15) is 65.9 Å². The third-order valence-corrected chi connectivity index (χ3v) is 7.94. The number of aromatic nitrogens is 2. The van der Waals surface area contributed by atoms with E-state index in [2.05, 4.69) is 57.1 Å². The number of aryl methyl sites for hydroxylation is 1. The van der Waals surface area contributed by atoms with E-state index in [1.807, 2.05) is 6.20 Å². The SMILES string of the molecule is CCc1cc(B2OC(C)(C)C(C)(C)O2)cc2cnc(N[C@H]3CC[C@H](N(CCOC)C(=O)O)CC3)nc12. The van der Waals surface area contributed by atoms with Gasteiger partial charge in [-0.2, -0.15) is 0 Å². The Kier molecular flexibility index (Phi) is 7.78. The number of hydrogen-bond acceptors (Lipinski definition) is 7. The first-order valence-corrected chi connectivity index (χ1v) is 12.9. The van der Waals surface area contributed by atoms with Gasteiger partial charge in [0.05, 0.1) is 23.3 Å². The van der Waals surface area contributed by atoms with Gasteiger partial charge < -0.3 is 29.4 Å². The zero-order valence-electron chi connectivity index (χ0n) is 22.3. The number of fused-ring (bicyclic) bond motifs is 1. The Hall–Kier alpha value is -2.43. The quantitative estimate of drug-likeness (QED) is 0.529. The third-order valence-electron chi connectivity index (χ3n) is 7.94. The number of carboxylic acid groups (broad SMARTS) is 1. The third kappa shape index (κ3) is 5.45. The molecule has 9 nitrogen and oxygen atoms in total. The van der Waals surface area contributed by atoms with E-state index in [4.69, 9.17) is 19.0 Å². The maximum absolute atomic E-state index is 11.7. The lowest BCUT2D eigenvalue weighted by atomic mass is 9.77. The molecular weight excluding hydrogens is 459 g/mol. The van der Waals surface area contributed by atoms with Crippen LogP contribution >= 0.6 is 0 Å². The topological polar surface area (TPSA) is 106 Å². The summed E-state index contributed by atoms with van der Waals surface area (Å²) in [7, 11) is 1.17. The van der Waals surface area contributed by atoms with Crippen molar-refractivity contribution in [3.05, 3.63) is 23.9 Å². The average molecular weight is 498 g/mol. The molecule has 1 saturated carbocycles. The monoisotopic (exact) mass is 498 g/mol. The molecule has 2 N–H and O–H groups in total. The van der Waals surface area contributed by atoms with Crippen LogP contribution in [-0.4, -0.2) is 76.7 Å². The molecule has 196 valence electrons. The Morgan fingerprint density at radius 3 is 2.44 bits per heavy atom. The summed E-state index contributed by atoms with van der Waals surface area (Å²) in [5, 5.41) is 14.0. The number of amides is 1. The van der Waals surface area contributed by atoms with E-state index in [0.29, 0.717) is 19.1 Å². The van der Waals surface area contributed by atoms with Crippen molar-refractivity contribution in [2.75, 3.05) is 25.6 Å². The fourth-order valence-electron chi connectivity index (χ4n) is 5.04. The van der Waals surface area contributed by atoms with Crippen molar-refractivity contribution in [1.29, 1.82) is 0 Å². The van der Waals surface area contributed by atoms with Gasteiger partial charge in [0.1, 0.15) is 0 Å². The molecule has 0 bridgehead atoms. The molecule has 36 heavy (non-hydrogen) atoms. The Balaban J connectivity index is 1.46. The number of ether oxygens (including phenoxy) is 1. The molecule has 2 aromatic rings. The first-order valence-electron chi connectivity index (χ1n) is 12.9. The Morgan fingerprint density at radius 1 is 1.19 bits per heavy atom. The average Bonchev–Trinajstić information content (AvgIpc) is 3.06. The number of rotatable bonds is 8. The lowest BCUT2D eigenvalue weighted by Crippen LogP contribution is -2.44. The standard InChI is InChI=1S/C26H39BN4O5/c1-7-17-14-19(27-35-25(2,3)26(4,5)36-27)15-18-16-28-23(30-22(17)18)29-20-8-10-21(11-9-20)31(24(32)33)12-13-34-6/h14-16,20-21H,7-13H2,1-6H3,(H,32,33)(H,28,29,30)/t20-,21-. The van der Waals surface area contributed by atoms with Gasteiger partial charge in [-0.3, -0.25) is 0 Å². The largest absolute Gasteiger partial charge is 0.494 e. The number of hydrogen-bond donors (Lipinski definition) is 2. The van der Waals surface area contributed by atoms with Gasteiger partial charge in [0, 0.05) is 37.3 Å². The molecule has 1 aliphatic heterocycles. The highest BCUT2D eigenvalue weighted by Crippen LogP contribution is 2.37. The lowest BCUT2D eigenvalue weighted by Gasteiger charge is -2.35. The van der Waals surface area contributed by atoms with Crippen molar-refractivity contribution in [3.63, 3.8) is 0 Å². The fraction of sp³-hybridized carbons (Fsp3) is 0.654. The maximum atomic E-state index is 11.7. The molecule has 0 unspecified atom stereocenters. The van der Waals surface area contributed by atoms with E-state index >= 15 is 0 Å². The van der Waals surface area contributed by atoms with Gasteiger partial charge in [-0.05, 0) is 70.8 Å². The van der Waals surface area contributed by atoms with Crippen LogP contribution < -0.4 is 10.8 Å². The molecule has 0 spiro atoms. The molecule has 1 aromatic carbocycles. The highest BCUT2D eigenvalue weighted by atomic mass is 16.7. The fourth-order valence-corrected chi connectivity index (χ4v) is 5.04. The Morgan fingerprint density at radius 2 is 1.86 bits per heavy atom. The molecule has 0 atom stereocenters. The molecular formula is C26H39BN4O5. The second kappa shape index (κ2) is 10.5. The van der Waals surface area contributed by atoms with Crippen molar-refractivity contribution >= 4 is 35.5 Å². The van der Waals surface area contributed by atoms with E-state index in [9.17, 15) is 9.90 Å². The molecule has 1 aromatic heterocycles. The molecule has 10 heteroatoms. The first kappa shape index (κ1) is 26.6. The predicted octanol–water partition coefficient (Wildman–Crippen LogP) is 3.84. The number of methoxy groups -OCH3 is 1. The molecule has 2 fully saturated rings. The van der Waals surface area contributed by atoms with Crippen LogP contribution in [0.4, 0.5) is 10.7 Å². The van der Waals surface area contributed by atoms with Gasteiger partial charge in [0.25, 0.3) is 0 Å².